The lowest BCUT2D eigenvalue weighted by Crippen LogP contribution is -2.37. The monoisotopic (exact) mass is 343 g/mol. The van der Waals surface area contributed by atoms with Crippen molar-refractivity contribution in [1.29, 1.82) is 5.26 Å². The van der Waals surface area contributed by atoms with Gasteiger partial charge in [-0.15, -0.1) is 0 Å². The fraction of sp³-hybridized carbons (Fsp3) is 0.444. The van der Waals surface area contributed by atoms with Crippen LogP contribution >= 0.6 is 0 Å². The summed E-state index contributed by atoms with van der Waals surface area (Å²) in [5.41, 5.74) is 0.921. The number of ether oxygens (including phenoxy) is 1. The number of benzene rings is 1. The number of nitriles is 1. The second kappa shape index (κ2) is 8.83. The first-order valence-corrected chi connectivity index (χ1v) is 8.19. The van der Waals surface area contributed by atoms with Gasteiger partial charge in [0.25, 0.3) is 5.91 Å². The van der Waals surface area contributed by atoms with Crippen LogP contribution in [0.5, 0.6) is 0 Å². The molecule has 0 bridgehead atoms. The second-order valence-electron chi connectivity index (χ2n) is 5.80. The van der Waals surface area contributed by atoms with Crippen molar-refractivity contribution in [1.82, 2.24) is 9.80 Å². The Bertz CT molecular complexity index is 696. The van der Waals surface area contributed by atoms with Gasteiger partial charge in [0.2, 0.25) is 5.91 Å². The largest absolute Gasteiger partial charge is 0.469 e. The standard InChI is InChI=1S/C18H21N3O4/c1-25-17(23)7-6-16(22)20-8-3-9-21(11-10-20)18(24)15-5-2-4-14(12-15)13-19/h2,4-5,12H,3,6-11H2,1H3. The van der Waals surface area contributed by atoms with E-state index in [1.54, 1.807) is 34.1 Å². The first-order chi connectivity index (χ1) is 12.0. The second-order valence-corrected chi connectivity index (χ2v) is 5.80. The van der Waals surface area contributed by atoms with Crippen molar-refractivity contribution in [2.45, 2.75) is 19.3 Å². The molecule has 1 aliphatic rings. The normalized spacial score (nSPS) is 14.4. The van der Waals surface area contributed by atoms with Crippen molar-refractivity contribution in [3.8, 4) is 6.07 Å². The van der Waals surface area contributed by atoms with Gasteiger partial charge in [-0.05, 0) is 24.6 Å². The van der Waals surface area contributed by atoms with Crippen LogP contribution in [0, 0.1) is 11.3 Å². The molecule has 0 atom stereocenters. The van der Waals surface area contributed by atoms with Gasteiger partial charge in [0.05, 0.1) is 25.2 Å². The molecule has 0 saturated carbocycles. The third kappa shape index (κ3) is 5.05. The van der Waals surface area contributed by atoms with Gasteiger partial charge >= 0.3 is 5.97 Å². The molecule has 25 heavy (non-hydrogen) atoms. The van der Waals surface area contributed by atoms with Crippen LogP contribution in [-0.4, -0.2) is 60.9 Å². The lowest BCUT2D eigenvalue weighted by atomic mass is 10.1. The highest BCUT2D eigenvalue weighted by atomic mass is 16.5. The summed E-state index contributed by atoms with van der Waals surface area (Å²) in [5.74, 6) is -0.649. The van der Waals surface area contributed by atoms with Crippen LogP contribution in [0.15, 0.2) is 24.3 Å². The molecule has 7 nitrogen and oxygen atoms in total. The van der Waals surface area contributed by atoms with Crippen molar-refractivity contribution in [3.05, 3.63) is 35.4 Å². The Morgan fingerprint density at radius 3 is 2.56 bits per heavy atom. The van der Waals surface area contributed by atoms with E-state index in [4.69, 9.17) is 5.26 Å². The summed E-state index contributed by atoms with van der Waals surface area (Å²) < 4.78 is 4.54. The summed E-state index contributed by atoms with van der Waals surface area (Å²) >= 11 is 0. The highest BCUT2D eigenvalue weighted by molar-refractivity contribution is 5.94. The Kier molecular flexibility index (Phi) is 6.52. The predicted octanol–water partition coefficient (Wildman–Crippen LogP) is 1.19. The van der Waals surface area contributed by atoms with Crippen molar-refractivity contribution in [3.63, 3.8) is 0 Å². The topological polar surface area (TPSA) is 90.7 Å². The summed E-state index contributed by atoms with van der Waals surface area (Å²) in [6.45, 7) is 1.97. The first-order valence-electron chi connectivity index (χ1n) is 8.19. The molecule has 0 radical (unpaired) electrons. The van der Waals surface area contributed by atoms with Crippen molar-refractivity contribution in [2.75, 3.05) is 33.3 Å². The third-order valence-corrected chi connectivity index (χ3v) is 4.15. The number of carbonyl (C=O) groups excluding carboxylic acids is 3. The summed E-state index contributed by atoms with van der Waals surface area (Å²) in [6, 6.07) is 8.63. The minimum Gasteiger partial charge on any atom is -0.469 e. The molecule has 1 saturated heterocycles. The Morgan fingerprint density at radius 2 is 1.84 bits per heavy atom. The number of amides is 2. The van der Waals surface area contributed by atoms with Gasteiger partial charge < -0.3 is 14.5 Å². The molecule has 1 aromatic rings. The molecule has 1 fully saturated rings. The van der Waals surface area contributed by atoms with Crippen molar-refractivity contribution >= 4 is 17.8 Å². The summed E-state index contributed by atoms with van der Waals surface area (Å²) in [7, 11) is 1.30. The maximum absolute atomic E-state index is 12.6. The molecule has 1 aliphatic heterocycles. The van der Waals surface area contributed by atoms with Gasteiger partial charge in [0.1, 0.15) is 0 Å². The van der Waals surface area contributed by atoms with E-state index in [2.05, 4.69) is 4.74 Å². The van der Waals surface area contributed by atoms with Gasteiger partial charge in [0.15, 0.2) is 0 Å². The highest BCUT2D eigenvalue weighted by Gasteiger charge is 2.23. The summed E-state index contributed by atoms with van der Waals surface area (Å²) in [6.07, 6.45) is 0.855. The lowest BCUT2D eigenvalue weighted by Gasteiger charge is -2.22. The number of methoxy groups -OCH3 is 1. The maximum atomic E-state index is 12.6. The smallest absolute Gasteiger partial charge is 0.306 e. The van der Waals surface area contributed by atoms with Gasteiger partial charge in [0, 0.05) is 38.2 Å². The SMILES string of the molecule is COC(=O)CCC(=O)N1CCCN(C(=O)c2cccc(C#N)c2)CC1. The Labute approximate surface area is 146 Å². The maximum Gasteiger partial charge on any atom is 0.306 e. The molecule has 0 spiro atoms. The zero-order valence-corrected chi connectivity index (χ0v) is 14.2. The van der Waals surface area contributed by atoms with E-state index in [1.165, 1.54) is 7.11 Å². The van der Waals surface area contributed by atoms with Gasteiger partial charge in [-0.1, -0.05) is 6.07 Å². The number of hydrogen-bond donors (Lipinski definition) is 0. The molecule has 1 aromatic carbocycles. The van der Waals surface area contributed by atoms with E-state index in [9.17, 15) is 14.4 Å². The molecule has 0 aliphatic carbocycles. The van der Waals surface area contributed by atoms with Gasteiger partial charge in [-0.2, -0.15) is 5.26 Å². The van der Waals surface area contributed by atoms with E-state index < -0.39 is 5.97 Å². The summed E-state index contributed by atoms with van der Waals surface area (Å²) in [4.78, 5) is 39.3. The van der Waals surface area contributed by atoms with Crippen LogP contribution in [0.25, 0.3) is 0 Å². The molecule has 0 aromatic heterocycles. The molecule has 2 rings (SSSR count). The van der Waals surface area contributed by atoms with Crippen LogP contribution in [-0.2, 0) is 14.3 Å². The van der Waals surface area contributed by atoms with Crippen LogP contribution in [0.4, 0.5) is 0 Å². The average molecular weight is 343 g/mol. The lowest BCUT2D eigenvalue weighted by molar-refractivity contribution is -0.143. The minimum atomic E-state index is -0.405. The minimum absolute atomic E-state index is 0.0649. The van der Waals surface area contributed by atoms with E-state index >= 15 is 0 Å². The molecule has 0 unspecified atom stereocenters. The fourth-order valence-corrected chi connectivity index (χ4v) is 2.74. The quantitative estimate of drug-likeness (QED) is 0.766. The van der Waals surface area contributed by atoms with Gasteiger partial charge in [-0.25, -0.2) is 0 Å². The fourth-order valence-electron chi connectivity index (χ4n) is 2.74. The number of hydrogen-bond acceptors (Lipinski definition) is 5. The molecule has 1 heterocycles. The Morgan fingerprint density at radius 1 is 1.12 bits per heavy atom. The Hall–Kier alpha value is -2.88. The molecule has 7 heteroatoms. The zero-order valence-electron chi connectivity index (χ0n) is 14.2. The average Bonchev–Trinajstić information content (AvgIpc) is 2.91. The van der Waals surface area contributed by atoms with Crippen LogP contribution in [0.2, 0.25) is 0 Å². The number of rotatable bonds is 4. The molecule has 0 N–H and O–H groups in total. The van der Waals surface area contributed by atoms with Crippen molar-refractivity contribution in [2.24, 2.45) is 0 Å². The number of esters is 1. The van der Waals surface area contributed by atoms with Crippen LogP contribution < -0.4 is 0 Å². The highest BCUT2D eigenvalue weighted by Crippen LogP contribution is 2.12. The van der Waals surface area contributed by atoms with Gasteiger partial charge in [-0.3, -0.25) is 14.4 Å². The summed E-state index contributed by atoms with van der Waals surface area (Å²) in [5, 5.41) is 8.95. The number of nitrogens with zero attached hydrogens (tertiary/aromatic N) is 3. The first kappa shape index (κ1) is 18.5. The molecular weight excluding hydrogens is 322 g/mol. The molecular formula is C18H21N3O4. The van der Waals surface area contributed by atoms with E-state index in [-0.39, 0.29) is 24.7 Å². The van der Waals surface area contributed by atoms with E-state index in [1.807, 2.05) is 6.07 Å². The van der Waals surface area contributed by atoms with Crippen LogP contribution in [0.3, 0.4) is 0 Å². The predicted molar refractivity (Wildman–Crippen MR) is 89.5 cm³/mol. The van der Waals surface area contributed by atoms with Crippen molar-refractivity contribution < 1.29 is 19.1 Å². The Balaban J connectivity index is 1.94. The van der Waals surface area contributed by atoms with E-state index in [0.717, 1.165) is 0 Å². The zero-order chi connectivity index (χ0) is 18.2. The molecule has 132 valence electrons. The van der Waals surface area contributed by atoms with E-state index in [0.29, 0.717) is 43.7 Å². The molecule has 2 amide bonds. The van der Waals surface area contributed by atoms with Crippen LogP contribution in [0.1, 0.15) is 35.2 Å². The number of carbonyl (C=O) groups is 3. The third-order valence-electron chi connectivity index (χ3n) is 4.15.